The molecule has 0 saturated carbocycles. The molecule has 0 spiro atoms. The summed E-state index contributed by atoms with van der Waals surface area (Å²) < 4.78 is 14.2. The maximum Gasteiger partial charge on any atom is 0.101 e. The van der Waals surface area contributed by atoms with E-state index in [1.807, 2.05) is 0 Å². The van der Waals surface area contributed by atoms with Gasteiger partial charge in [0.1, 0.15) is 24.3 Å². The molecule has 0 fully saturated rings. The second-order valence-corrected chi connectivity index (χ2v) is 35.9. The van der Waals surface area contributed by atoms with Crippen LogP contribution >= 0.6 is 0 Å². The standard InChI is InChI=1S/C120H80N10/c1-119(2,3)77-65-61-74(62-66-77)111-92(70-121)93(71-122)112(116(128-102-53-25-12-40-85(102)86-41-13-26-54-103(86)128)115(111)127-100-51-23-10-38-83(100)84-39-11-24-52-101(84)127)75-63-67-78(68-64-75)120(4,5)69-76-33-32-60-109-110(76)89-44-16-31-59-108(89)130(109)118-114(91-46-18-30-58-107(91)126-98-49-21-8-36-81(98)82-37-9-22-50-99(82)126)95(73-124)94(72-123)113(117(118)129-104-55-27-14-42-87(104)88-43-15-28-56-105(88)129)90-45-17-29-57-106(90)125-96-47-19-6-34-79(96)80-35-7-20-48-97(80)125/h6-68H,69H2,1-5H3. The van der Waals surface area contributed by atoms with Crippen LogP contribution in [0.5, 0.6) is 0 Å². The van der Waals surface area contributed by atoms with Gasteiger partial charge in [-0.05, 0) is 130 Å². The molecule has 0 aliphatic carbocycles. The van der Waals surface area contributed by atoms with Crippen LogP contribution in [0.1, 0.15) is 73.6 Å². The first kappa shape index (κ1) is 76.4. The van der Waals surface area contributed by atoms with Crippen LogP contribution in [0.25, 0.3) is 209 Å². The van der Waals surface area contributed by atoms with Gasteiger partial charge in [-0.2, -0.15) is 21.0 Å². The molecule has 0 N–H and O–H groups in total. The van der Waals surface area contributed by atoms with Crippen molar-refractivity contribution >= 4 is 131 Å². The third kappa shape index (κ3) is 11.2. The highest BCUT2D eigenvalue weighted by molar-refractivity contribution is 6.19. The van der Waals surface area contributed by atoms with Crippen molar-refractivity contribution in [3.05, 3.63) is 421 Å². The van der Waals surface area contributed by atoms with Crippen molar-refractivity contribution < 1.29 is 0 Å². The minimum Gasteiger partial charge on any atom is -0.309 e. The summed E-state index contributed by atoms with van der Waals surface area (Å²) in [5, 5.41) is 63.1. The fourth-order valence-corrected chi connectivity index (χ4v) is 21.8. The molecule has 10 nitrogen and oxygen atoms in total. The monoisotopic (exact) mass is 1660 g/mol. The Morgan fingerprint density at radius 3 is 0.746 bits per heavy atom. The third-order valence-electron chi connectivity index (χ3n) is 27.4. The SMILES string of the molecule is CC(C)(C)c1ccc(-c2c(C#N)c(C#N)c(-c3ccc(C(C)(C)Cc4cccc5c4c4ccccc4n5-c4c(-c5ccccc5-n5c6ccccc6c6ccccc65)c(C#N)c(C#N)c(-c5ccccc5-n5c6ccccc6c6ccccc65)c4-n4c5ccccc5c5ccccc54)cc3)c(-n3c4ccccc4c4ccccc43)c2-n2c3ccccc3c3ccccc32)cc1. The Morgan fingerprint density at radius 2 is 0.446 bits per heavy atom. The highest BCUT2D eigenvalue weighted by Gasteiger charge is 2.38. The average Bonchev–Trinajstić information content (AvgIpc) is 1.40. The summed E-state index contributed by atoms with van der Waals surface area (Å²) in [7, 11) is 0. The molecule has 0 atom stereocenters. The van der Waals surface area contributed by atoms with E-state index in [2.05, 4.69) is 468 Å². The Kier molecular flexibility index (Phi) is 17.3. The largest absolute Gasteiger partial charge is 0.309 e. The zero-order chi connectivity index (χ0) is 87.5. The number of nitriles is 4. The topological polar surface area (TPSA) is 125 Å². The molecule has 0 bridgehead atoms. The summed E-state index contributed by atoms with van der Waals surface area (Å²) in [6.07, 6.45) is 0.560. The zero-order valence-electron chi connectivity index (χ0n) is 72.1. The van der Waals surface area contributed by atoms with Gasteiger partial charge in [-0.1, -0.05) is 332 Å². The quantitative estimate of drug-likeness (QED) is 0.114. The Hall–Kier alpha value is -17.3. The van der Waals surface area contributed by atoms with Gasteiger partial charge in [0.25, 0.3) is 0 Å². The summed E-state index contributed by atoms with van der Waals surface area (Å²) in [5.41, 5.74) is 25.3. The van der Waals surface area contributed by atoms with Crippen LogP contribution in [-0.4, -0.2) is 27.4 Å². The maximum absolute atomic E-state index is 13.0. The first-order valence-corrected chi connectivity index (χ1v) is 44.3. The smallest absolute Gasteiger partial charge is 0.101 e. The Bertz CT molecular complexity index is 8880. The molecule has 18 aromatic carbocycles. The Labute approximate surface area is 750 Å². The van der Waals surface area contributed by atoms with Crippen molar-refractivity contribution in [2.45, 2.75) is 51.9 Å². The van der Waals surface area contributed by atoms with Crippen molar-refractivity contribution in [1.29, 1.82) is 21.0 Å². The summed E-state index contributed by atoms with van der Waals surface area (Å²) in [4.78, 5) is 0. The van der Waals surface area contributed by atoms with Crippen molar-refractivity contribution in [2.75, 3.05) is 0 Å². The number of aromatic nitrogens is 6. The van der Waals surface area contributed by atoms with Gasteiger partial charge in [0.15, 0.2) is 0 Å². The molecule has 6 aromatic heterocycles. The van der Waals surface area contributed by atoms with E-state index in [1.54, 1.807) is 0 Å². The summed E-state index contributed by atoms with van der Waals surface area (Å²) in [6.45, 7) is 11.3. The summed E-state index contributed by atoms with van der Waals surface area (Å²) in [5.74, 6) is 0. The molecule has 0 amide bonds. The fourth-order valence-electron chi connectivity index (χ4n) is 21.8. The second-order valence-electron chi connectivity index (χ2n) is 35.9. The average molecular weight is 1660 g/mol. The molecule has 24 rings (SSSR count). The number of para-hydroxylation sites is 13. The lowest BCUT2D eigenvalue weighted by Gasteiger charge is -2.28. The van der Waals surface area contributed by atoms with Crippen LogP contribution in [-0.2, 0) is 17.3 Å². The van der Waals surface area contributed by atoms with E-state index in [0.29, 0.717) is 34.4 Å². The van der Waals surface area contributed by atoms with Crippen LogP contribution in [0.4, 0.5) is 0 Å². The van der Waals surface area contributed by atoms with Crippen LogP contribution in [0.15, 0.2) is 382 Å². The van der Waals surface area contributed by atoms with Crippen LogP contribution in [0.2, 0.25) is 0 Å². The van der Waals surface area contributed by atoms with Crippen molar-refractivity contribution in [3.63, 3.8) is 0 Å². The number of benzene rings is 18. The lowest BCUT2D eigenvalue weighted by atomic mass is 9.77. The lowest BCUT2D eigenvalue weighted by Crippen LogP contribution is -2.20. The Balaban J connectivity index is 0.774. The number of nitrogens with zero attached hydrogens (tertiary/aromatic N) is 10. The number of hydrogen-bond acceptors (Lipinski definition) is 4. The lowest BCUT2D eigenvalue weighted by molar-refractivity contribution is 0.524. The molecular formula is C120H80N10. The minimum atomic E-state index is -0.592. The van der Waals surface area contributed by atoms with E-state index in [0.717, 1.165) is 198 Å². The maximum atomic E-state index is 13.0. The van der Waals surface area contributed by atoms with Gasteiger partial charge >= 0.3 is 0 Å². The van der Waals surface area contributed by atoms with E-state index in [1.165, 1.54) is 0 Å². The molecule has 24 aromatic rings. The van der Waals surface area contributed by atoms with Gasteiger partial charge in [0, 0.05) is 98.0 Å². The van der Waals surface area contributed by atoms with E-state index < -0.39 is 5.41 Å². The highest BCUT2D eigenvalue weighted by atomic mass is 15.1. The molecule has 0 unspecified atom stereocenters. The normalized spacial score (nSPS) is 12.0. The van der Waals surface area contributed by atoms with Gasteiger partial charge in [-0.3, -0.25) is 0 Å². The number of rotatable bonds is 13. The molecule has 610 valence electrons. The van der Waals surface area contributed by atoms with Gasteiger partial charge in [0.05, 0.1) is 123 Å². The Morgan fingerprint density at radius 1 is 0.215 bits per heavy atom. The van der Waals surface area contributed by atoms with E-state index in [9.17, 15) is 21.0 Å². The second kappa shape index (κ2) is 29.4. The summed E-state index contributed by atoms with van der Waals surface area (Å²) >= 11 is 0. The predicted molar refractivity (Wildman–Crippen MR) is 535 cm³/mol. The third-order valence-corrected chi connectivity index (χ3v) is 27.4. The molecule has 0 radical (unpaired) electrons. The van der Waals surface area contributed by atoms with Crippen LogP contribution in [0.3, 0.4) is 0 Å². The molecule has 0 saturated heterocycles. The number of hydrogen-bond donors (Lipinski definition) is 0. The minimum absolute atomic E-state index is 0.166. The molecule has 0 aliphatic rings. The fraction of sp³-hybridized carbons (Fsp3) is 0.0667. The zero-order valence-corrected chi connectivity index (χ0v) is 72.1. The van der Waals surface area contributed by atoms with Gasteiger partial charge in [-0.25, -0.2) is 0 Å². The van der Waals surface area contributed by atoms with Crippen LogP contribution in [0, 0.1) is 45.3 Å². The van der Waals surface area contributed by atoms with Crippen LogP contribution < -0.4 is 0 Å². The summed E-state index contributed by atoms with van der Waals surface area (Å²) in [6, 6.07) is 147. The van der Waals surface area contributed by atoms with Gasteiger partial charge in [-0.15, -0.1) is 0 Å². The number of fused-ring (bicyclic) bond motifs is 18. The predicted octanol–water partition coefficient (Wildman–Crippen LogP) is 30.2. The van der Waals surface area contributed by atoms with Gasteiger partial charge < -0.3 is 27.4 Å². The first-order chi connectivity index (χ1) is 63.8. The van der Waals surface area contributed by atoms with E-state index in [-0.39, 0.29) is 27.7 Å². The molecular weight excluding hydrogens is 1580 g/mol. The molecule has 6 heterocycles. The first-order valence-electron chi connectivity index (χ1n) is 44.3. The highest BCUT2D eigenvalue weighted by Crippen LogP contribution is 2.55. The van der Waals surface area contributed by atoms with Crippen molar-refractivity contribution in [3.8, 4) is 103 Å². The van der Waals surface area contributed by atoms with E-state index in [4.69, 9.17) is 0 Å². The van der Waals surface area contributed by atoms with Crippen molar-refractivity contribution in [1.82, 2.24) is 27.4 Å². The molecule has 130 heavy (non-hydrogen) atoms. The molecule has 10 heteroatoms. The van der Waals surface area contributed by atoms with Gasteiger partial charge in [0.2, 0.25) is 0 Å². The van der Waals surface area contributed by atoms with E-state index >= 15 is 0 Å². The van der Waals surface area contributed by atoms with Crippen molar-refractivity contribution in [2.24, 2.45) is 0 Å². The molecule has 0 aliphatic heterocycles.